The Morgan fingerprint density at radius 3 is 2.46 bits per heavy atom. The molecule has 0 saturated carbocycles. The molecule has 6 heteroatoms. The molecule has 0 bridgehead atoms. The first-order chi connectivity index (χ1) is 12.6. The molecule has 0 fully saturated rings. The number of rotatable bonds is 7. The van der Waals surface area contributed by atoms with E-state index in [4.69, 9.17) is 22.2 Å². The van der Waals surface area contributed by atoms with E-state index in [0.717, 1.165) is 29.8 Å². The minimum Gasteiger partial charge on any atom is -0.494 e. The highest BCUT2D eigenvalue weighted by Crippen LogP contribution is 2.13. The van der Waals surface area contributed by atoms with Crippen LogP contribution in [-0.2, 0) is 6.42 Å². The number of carbonyl (C=O) groups is 1. The zero-order valence-corrected chi connectivity index (χ0v) is 15.4. The van der Waals surface area contributed by atoms with Gasteiger partial charge in [0.25, 0.3) is 5.91 Å². The summed E-state index contributed by atoms with van der Waals surface area (Å²) in [7, 11) is 0. The van der Waals surface area contributed by atoms with E-state index in [1.54, 1.807) is 24.3 Å². The predicted octanol–water partition coefficient (Wildman–Crippen LogP) is 4.06. The van der Waals surface area contributed by atoms with Crippen LogP contribution in [0.1, 0.15) is 35.7 Å². The molecule has 2 N–H and O–H groups in total. The number of benzene rings is 2. The smallest absolute Gasteiger partial charge is 0.257 e. The summed E-state index contributed by atoms with van der Waals surface area (Å²) < 4.78 is 5.58. The van der Waals surface area contributed by atoms with Crippen LogP contribution in [-0.4, -0.2) is 17.6 Å². The van der Waals surface area contributed by atoms with Crippen LogP contribution >= 0.6 is 12.2 Å². The van der Waals surface area contributed by atoms with Crippen molar-refractivity contribution < 1.29 is 9.53 Å². The maximum atomic E-state index is 12.2. The van der Waals surface area contributed by atoms with E-state index in [2.05, 4.69) is 23.6 Å². The Hall–Kier alpha value is -2.91. The second-order valence-corrected chi connectivity index (χ2v) is 6.07. The Balaban J connectivity index is 1.86. The van der Waals surface area contributed by atoms with Gasteiger partial charge in [0.15, 0.2) is 5.11 Å². The number of nitriles is 1. The molecule has 0 saturated heterocycles. The number of hydrogen-bond donors (Lipinski definition) is 2. The summed E-state index contributed by atoms with van der Waals surface area (Å²) in [5.41, 5.74) is 2.17. The number of unbranched alkanes of at least 4 members (excludes halogenated alkanes) is 1. The fourth-order valence-electron chi connectivity index (χ4n) is 2.17. The number of hydrogen-bond acceptors (Lipinski definition) is 4. The third-order valence-electron chi connectivity index (χ3n) is 3.61. The van der Waals surface area contributed by atoms with Gasteiger partial charge in [0, 0.05) is 11.3 Å². The van der Waals surface area contributed by atoms with Crippen LogP contribution in [0, 0.1) is 11.3 Å². The lowest BCUT2D eigenvalue weighted by atomic mass is 10.1. The van der Waals surface area contributed by atoms with Crippen molar-refractivity contribution in [3.8, 4) is 11.8 Å². The largest absolute Gasteiger partial charge is 0.494 e. The molecular weight excluding hydrogens is 346 g/mol. The SMILES string of the molecule is CCCCOc1ccc(C(=O)NC(=S)Nc2ccc(CC#N)cc2)cc1. The van der Waals surface area contributed by atoms with E-state index >= 15 is 0 Å². The molecule has 2 rings (SSSR count). The first kappa shape index (κ1) is 19.4. The van der Waals surface area contributed by atoms with Gasteiger partial charge in [-0.3, -0.25) is 10.1 Å². The van der Waals surface area contributed by atoms with Crippen LogP contribution in [0.25, 0.3) is 0 Å². The molecule has 2 aromatic rings. The Labute approximate surface area is 159 Å². The van der Waals surface area contributed by atoms with Crippen molar-refractivity contribution in [3.05, 3.63) is 59.7 Å². The number of nitrogens with one attached hydrogen (secondary N) is 2. The van der Waals surface area contributed by atoms with Crippen molar-refractivity contribution >= 4 is 28.9 Å². The summed E-state index contributed by atoms with van der Waals surface area (Å²) in [4.78, 5) is 12.2. The Kier molecular flexibility index (Phi) is 7.59. The van der Waals surface area contributed by atoms with Crippen LogP contribution in [0.2, 0.25) is 0 Å². The van der Waals surface area contributed by atoms with Crippen LogP contribution in [0.3, 0.4) is 0 Å². The third kappa shape index (κ3) is 6.19. The van der Waals surface area contributed by atoms with E-state index in [1.807, 2.05) is 24.3 Å². The summed E-state index contributed by atoms with van der Waals surface area (Å²) >= 11 is 5.17. The van der Waals surface area contributed by atoms with Crippen molar-refractivity contribution in [2.24, 2.45) is 0 Å². The number of carbonyl (C=O) groups excluding carboxylic acids is 1. The van der Waals surface area contributed by atoms with Crippen LogP contribution in [0.4, 0.5) is 5.69 Å². The van der Waals surface area contributed by atoms with Gasteiger partial charge in [0.2, 0.25) is 0 Å². The lowest BCUT2D eigenvalue weighted by Crippen LogP contribution is -2.34. The normalized spacial score (nSPS) is 9.85. The highest BCUT2D eigenvalue weighted by molar-refractivity contribution is 7.80. The molecule has 0 aliphatic rings. The molecule has 0 heterocycles. The van der Waals surface area contributed by atoms with Gasteiger partial charge in [-0.2, -0.15) is 5.26 Å². The monoisotopic (exact) mass is 367 g/mol. The van der Waals surface area contributed by atoms with Crippen molar-refractivity contribution in [3.63, 3.8) is 0 Å². The van der Waals surface area contributed by atoms with Crippen LogP contribution in [0.15, 0.2) is 48.5 Å². The van der Waals surface area contributed by atoms with Gasteiger partial charge in [0.05, 0.1) is 19.1 Å². The van der Waals surface area contributed by atoms with Gasteiger partial charge in [-0.1, -0.05) is 25.5 Å². The molecule has 0 radical (unpaired) electrons. The maximum absolute atomic E-state index is 12.2. The van der Waals surface area contributed by atoms with E-state index in [9.17, 15) is 4.79 Å². The molecule has 0 unspecified atom stereocenters. The number of thiocarbonyl (C=S) groups is 1. The lowest BCUT2D eigenvalue weighted by Gasteiger charge is -2.10. The number of nitrogens with zero attached hydrogens (tertiary/aromatic N) is 1. The molecule has 0 aliphatic heterocycles. The fraction of sp³-hybridized carbons (Fsp3) is 0.250. The van der Waals surface area contributed by atoms with Gasteiger partial charge in [-0.15, -0.1) is 0 Å². The van der Waals surface area contributed by atoms with Gasteiger partial charge in [-0.25, -0.2) is 0 Å². The predicted molar refractivity (Wildman–Crippen MR) is 106 cm³/mol. The van der Waals surface area contributed by atoms with E-state index in [0.29, 0.717) is 18.6 Å². The fourth-order valence-corrected chi connectivity index (χ4v) is 2.38. The Morgan fingerprint density at radius 1 is 1.15 bits per heavy atom. The number of ether oxygens (including phenoxy) is 1. The molecule has 134 valence electrons. The first-order valence-corrected chi connectivity index (χ1v) is 8.84. The summed E-state index contributed by atoms with van der Waals surface area (Å²) in [6.45, 7) is 2.78. The van der Waals surface area contributed by atoms with E-state index < -0.39 is 0 Å². The standard InChI is InChI=1S/C20H21N3O2S/c1-2-3-14-25-18-10-6-16(7-11-18)19(24)23-20(26)22-17-8-4-15(5-9-17)12-13-21/h4-11H,2-3,12,14H2,1H3,(H2,22,23,24,26). The molecule has 0 aromatic heterocycles. The first-order valence-electron chi connectivity index (χ1n) is 8.43. The zero-order chi connectivity index (χ0) is 18.8. The second kappa shape index (κ2) is 10.2. The number of anilines is 1. The van der Waals surface area contributed by atoms with Crippen molar-refractivity contribution in [1.29, 1.82) is 5.26 Å². The molecule has 2 aromatic carbocycles. The zero-order valence-electron chi connectivity index (χ0n) is 14.6. The summed E-state index contributed by atoms with van der Waals surface area (Å²) in [5.74, 6) is 0.455. The quantitative estimate of drug-likeness (QED) is 0.570. The molecule has 5 nitrogen and oxygen atoms in total. The second-order valence-electron chi connectivity index (χ2n) is 5.67. The van der Waals surface area contributed by atoms with Crippen LogP contribution in [0.5, 0.6) is 5.75 Å². The average Bonchev–Trinajstić information content (AvgIpc) is 2.64. The van der Waals surface area contributed by atoms with Gasteiger partial charge >= 0.3 is 0 Å². The summed E-state index contributed by atoms with van der Waals surface area (Å²) in [5, 5.41) is 14.5. The molecule has 0 aliphatic carbocycles. The highest BCUT2D eigenvalue weighted by atomic mass is 32.1. The topological polar surface area (TPSA) is 74.2 Å². The molecule has 0 atom stereocenters. The van der Waals surface area contributed by atoms with Gasteiger partial charge < -0.3 is 10.1 Å². The molecule has 1 amide bonds. The highest BCUT2D eigenvalue weighted by Gasteiger charge is 2.08. The van der Waals surface area contributed by atoms with Gasteiger partial charge in [-0.05, 0) is 60.6 Å². The maximum Gasteiger partial charge on any atom is 0.257 e. The van der Waals surface area contributed by atoms with E-state index in [-0.39, 0.29) is 11.0 Å². The van der Waals surface area contributed by atoms with Crippen molar-refractivity contribution in [2.75, 3.05) is 11.9 Å². The molecular formula is C20H21N3O2S. The average molecular weight is 367 g/mol. The molecule has 0 spiro atoms. The van der Waals surface area contributed by atoms with E-state index in [1.165, 1.54) is 0 Å². The summed E-state index contributed by atoms with van der Waals surface area (Å²) in [6.07, 6.45) is 2.44. The third-order valence-corrected chi connectivity index (χ3v) is 3.81. The number of amides is 1. The van der Waals surface area contributed by atoms with Crippen LogP contribution < -0.4 is 15.4 Å². The lowest BCUT2D eigenvalue weighted by molar-refractivity contribution is 0.0977. The minimum atomic E-state index is -0.288. The Bertz CT molecular complexity index is 780. The minimum absolute atomic E-state index is 0.214. The van der Waals surface area contributed by atoms with Crippen molar-refractivity contribution in [2.45, 2.75) is 26.2 Å². The molecule has 26 heavy (non-hydrogen) atoms. The Morgan fingerprint density at radius 2 is 1.85 bits per heavy atom. The van der Waals surface area contributed by atoms with Crippen molar-refractivity contribution in [1.82, 2.24) is 5.32 Å². The van der Waals surface area contributed by atoms with Gasteiger partial charge in [0.1, 0.15) is 5.75 Å². The summed E-state index contributed by atoms with van der Waals surface area (Å²) in [6, 6.07) is 16.4.